The van der Waals surface area contributed by atoms with Crippen LogP contribution in [0.1, 0.15) is 5.56 Å². The second kappa shape index (κ2) is 14.8. The normalized spacial score (nSPS) is 15.9. The number of rotatable bonds is 9. The summed E-state index contributed by atoms with van der Waals surface area (Å²) in [5, 5.41) is 3.49. The summed E-state index contributed by atoms with van der Waals surface area (Å²) in [5.41, 5.74) is 1.26. The number of methoxy groups -OCH3 is 1. The van der Waals surface area contributed by atoms with Gasteiger partial charge in [-0.1, -0.05) is 42.5 Å². The highest BCUT2D eigenvalue weighted by Gasteiger charge is 2.18. The van der Waals surface area contributed by atoms with E-state index in [4.69, 9.17) is 4.74 Å². The minimum absolute atomic E-state index is 0. The van der Waals surface area contributed by atoms with Crippen LogP contribution in [0, 0.1) is 0 Å². The molecule has 0 spiro atoms. The Morgan fingerprint density at radius 3 is 2.54 bits per heavy atom. The lowest BCUT2D eigenvalue weighted by Gasteiger charge is -2.36. The first kappa shape index (κ1) is 24.9. The van der Waals surface area contributed by atoms with Crippen LogP contribution in [0.25, 0.3) is 6.08 Å². The van der Waals surface area contributed by atoms with Gasteiger partial charge in [-0.3, -0.25) is 9.89 Å². The average Bonchev–Trinajstić information content (AvgIpc) is 2.71. The number of halogens is 1. The Labute approximate surface area is 187 Å². The zero-order valence-corrected chi connectivity index (χ0v) is 19.8. The number of piperazine rings is 1. The maximum Gasteiger partial charge on any atom is 0.193 e. The average molecular weight is 501 g/mol. The summed E-state index contributed by atoms with van der Waals surface area (Å²) in [4.78, 5) is 11.6. The fraction of sp³-hybridized carbons (Fsp3) is 0.571. The summed E-state index contributed by atoms with van der Waals surface area (Å²) in [5.74, 6) is 1.01. The van der Waals surface area contributed by atoms with E-state index in [2.05, 4.69) is 74.5 Å². The Kier molecular flexibility index (Phi) is 13.1. The van der Waals surface area contributed by atoms with E-state index in [0.717, 1.165) is 64.9 Å². The number of guanidine groups is 1. The number of benzene rings is 1. The zero-order valence-electron chi connectivity index (χ0n) is 17.5. The summed E-state index contributed by atoms with van der Waals surface area (Å²) in [7, 11) is 5.72. The molecule has 0 atom stereocenters. The van der Waals surface area contributed by atoms with Crippen LogP contribution in [0.2, 0.25) is 0 Å². The second-order valence-corrected chi connectivity index (χ2v) is 6.87. The number of aliphatic imine (C=N–C) groups is 1. The molecule has 1 aliphatic rings. The van der Waals surface area contributed by atoms with E-state index < -0.39 is 0 Å². The van der Waals surface area contributed by atoms with Crippen LogP contribution in [0.3, 0.4) is 0 Å². The lowest BCUT2D eigenvalue weighted by Crippen LogP contribution is -2.53. The van der Waals surface area contributed by atoms with Gasteiger partial charge in [0, 0.05) is 66.5 Å². The Bertz CT molecular complexity index is 573. The highest BCUT2D eigenvalue weighted by Crippen LogP contribution is 2.05. The number of likely N-dealkylation sites (N-methyl/N-ethyl adjacent to an activating group) is 1. The van der Waals surface area contributed by atoms with Crippen molar-refractivity contribution < 1.29 is 4.74 Å². The lowest BCUT2D eigenvalue weighted by molar-refractivity contribution is 0.161. The molecule has 1 fully saturated rings. The Morgan fingerprint density at radius 1 is 1.18 bits per heavy atom. The molecule has 0 bridgehead atoms. The molecule has 1 aliphatic heterocycles. The van der Waals surface area contributed by atoms with Crippen molar-refractivity contribution in [3.8, 4) is 0 Å². The number of hydrogen-bond acceptors (Lipinski definition) is 4. The minimum atomic E-state index is 0. The molecule has 2 rings (SSSR count). The summed E-state index contributed by atoms with van der Waals surface area (Å²) in [6.45, 7) is 8.74. The molecule has 0 radical (unpaired) electrons. The van der Waals surface area contributed by atoms with E-state index in [-0.39, 0.29) is 24.0 Å². The molecule has 0 aliphatic carbocycles. The van der Waals surface area contributed by atoms with Crippen molar-refractivity contribution in [3.63, 3.8) is 0 Å². The van der Waals surface area contributed by atoms with Crippen LogP contribution in [0.5, 0.6) is 0 Å². The maximum atomic E-state index is 5.12. The summed E-state index contributed by atoms with van der Waals surface area (Å²) in [6.07, 6.45) is 4.46. The minimum Gasteiger partial charge on any atom is -0.383 e. The van der Waals surface area contributed by atoms with Gasteiger partial charge in [0.2, 0.25) is 0 Å². The van der Waals surface area contributed by atoms with Crippen LogP contribution in [0.15, 0.2) is 41.4 Å². The van der Waals surface area contributed by atoms with E-state index in [1.165, 1.54) is 5.56 Å². The number of hydrogen-bond donors (Lipinski definition) is 1. The molecule has 0 saturated carbocycles. The molecule has 158 valence electrons. The van der Waals surface area contributed by atoms with Crippen LogP contribution >= 0.6 is 24.0 Å². The van der Waals surface area contributed by atoms with Crippen LogP contribution < -0.4 is 5.32 Å². The van der Waals surface area contributed by atoms with Crippen molar-refractivity contribution in [2.24, 2.45) is 4.99 Å². The van der Waals surface area contributed by atoms with Gasteiger partial charge in [-0.15, -0.1) is 24.0 Å². The van der Waals surface area contributed by atoms with E-state index in [0.29, 0.717) is 0 Å². The molecule has 1 aromatic carbocycles. The molecule has 0 amide bonds. The summed E-state index contributed by atoms with van der Waals surface area (Å²) < 4.78 is 5.12. The van der Waals surface area contributed by atoms with Gasteiger partial charge in [-0.25, -0.2) is 0 Å². The number of nitrogens with zero attached hydrogens (tertiary/aromatic N) is 4. The zero-order chi connectivity index (χ0) is 19.3. The van der Waals surface area contributed by atoms with Gasteiger partial charge < -0.3 is 19.9 Å². The standard InChI is InChI=1S/C21H35N5O.HI/c1-22-21(23-11-13-24(2)18-19-27-3)26-16-14-25(15-17-26)12-7-10-20-8-5-4-6-9-20;/h4-10H,11-19H2,1-3H3,(H,22,23);1H/b10-7+;. The van der Waals surface area contributed by atoms with E-state index in [9.17, 15) is 0 Å². The molecular formula is C21H36IN5O. The van der Waals surface area contributed by atoms with Crippen molar-refractivity contribution in [1.29, 1.82) is 0 Å². The fourth-order valence-corrected chi connectivity index (χ4v) is 3.09. The molecule has 1 heterocycles. The highest BCUT2D eigenvalue weighted by atomic mass is 127. The molecule has 0 unspecified atom stereocenters. The van der Waals surface area contributed by atoms with E-state index in [1.807, 2.05) is 7.05 Å². The Morgan fingerprint density at radius 2 is 1.89 bits per heavy atom. The van der Waals surface area contributed by atoms with Crippen LogP contribution in [-0.2, 0) is 4.74 Å². The smallest absolute Gasteiger partial charge is 0.193 e. The quantitative estimate of drug-likeness (QED) is 0.319. The van der Waals surface area contributed by atoms with Gasteiger partial charge >= 0.3 is 0 Å². The second-order valence-electron chi connectivity index (χ2n) is 6.87. The van der Waals surface area contributed by atoms with E-state index in [1.54, 1.807) is 7.11 Å². The van der Waals surface area contributed by atoms with E-state index >= 15 is 0 Å². The molecule has 1 aromatic rings. The summed E-state index contributed by atoms with van der Waals surface area (Å²) >= 11 is 0. The number of ether oxygens (including phenoxy) is 1. The number of nitrogens with one attached hydrogen (secondary N) is 1. The third kappa shape index (κ3) is 9.36. The Balaban J connectivity index is 0.00000392. The predicted octanol–water partition coefficient (Wildman–Crippen LogP) is 2.09. The molecule has 0 aromatic heterocycles. The van der Waals surface area contributed by atoms with Crippen molar-refractivity contribution in [2.75, 3.05) is 80.2 Å². The van der Waals surface area contributed by atoms with Gasteiger partial charge in [0.25, 0.3) is 0 Å². The molecule has 1 saturated heterocycles. The summed E-state index contributed by atoms with van der Waals surface area (Å²) in [6, 6.07) is 10.5. The first-order valence-corrected chi connectivity index (χ1v) is 9.80. The SMILES string of the molecule is CN=C(NCCN(C)CCOC)N1CCN(C/C=C/c2ccccc2)CC1.I. The van der Waals surface area contributed by atoms with Crippen molar-refractivity contribution in [2.45, 2.75) is 0 Å². The third-order valence-corrected chi connectivity index (χ3v) is 4.81. The van der Waals surface area contributed by atoms with Gasteiger partial charge in [-0.05, 0) is 12.6 Å². The van der Waals surface area contributed by atoms with Gasteiger partial charge in [0.05, 0.1) is 6.61 Å². The van der Waals surface area contributed by atoms with Crippen LogP contribution in [-0.4, -0.2) is 101 Å². The van der Waals surface area contributed by atoms with Gasteiger partial charge in [0.1, 0.15) is 0 Å². The topological polar surface area (TPSA) is 43.3 Å². The maximum absolute atomic E-state index is 5.12. The Hall–Kier alpha value is -1.16. The van der Waals surface area contributed by atoms with Gasteiger partial charge in [-0.2, -0.15) is 0 Å². The van der Waals surface area contributed by atoms with Crippen molar-refractivity contribution >= 4 is 36.0 Å². The van der Waals surface area contributed by atoms with Crippen molar-refractivity contribution in [3.05, 3.63) is 42.0 Å². The monoisotopic (exact) mass is 501 g/mol. The largest absolute Gasteiger partial charge is 0.383 e. The first-order valence-electron chi connectivity index (χ1n) is 9.80. The lowest BCUT2D eigenvalue weighted by atomic mass is 10.2. The predicted molar refractivity (Wildman–Crippen MR) is 130 cm³/mol. The molecule has 28 heavy (non-hydrogen) atoms. The molecule has 6 nitrogen and oxygen atoms in total. The molecular weight excluding hydrogens is 465 g/mol. The fourth-order valence-electron chi connectivity index (χ4n) is 3.09. The van der Waals surface area contributed by atoms with Gasteiger partial charge in [0.15, 0.2) is 5.96 Å². The third-order valence-electron chi connectivity index (χ3n) is 4.81. The first-order chi connectivity index (χ1) is 13.2. The van der Waals surface area contributed by atoms with Crippen LogP contribution in [0.4, 0.5) is 0 Å². The highest BCUT2D eigenvalue weighted by molar-refractivity contribution is 14.0. The molecule has 7 heteroatoms. The van der Waals surface area contributed by atoms with Crippen molar-refractivity contribution in [1.82, 2.24) is 20.0 Å². The molecule has 1 N–H and O–H groups in total.